The van der Waals surface area contributed by atoms with Crippen LogP contribution in [0, 0.1) is 11.8 Å². The molecule has 0 aliphatic rings. The van der Waals surface area contributed by atoms with Gasteiger partial charge in [-0.1, -0.05) is 11.8 Å². The molecule has 0 saturated carbocycles. The van der Waals surface area contributed by atoms with E-state index < -0.39 is 11.4 Å². The molecular weight excluding hydrogens is 254 g/mol. The number of thiophene rings is 1. The number of rotatable bonds is 3. The van der Waals surface area contributed by atoms with Crippen molar-refractivity contribution in [1.82, 2.24) is 14.8 Å². The lowest BCUT2D eigenvalue weighted by Gasteiger charge is -1.93. The number of hydrogen-bond acceptors (Lipinski definition) is 4. The van der Waals surface area contributed by atoms with Crippen molar-refractivity contribution in [1.29, 1.82) is 0 Å². The number of H-pyrrole nitrogens is 2. The van der Waals surface area contributed by atoms with Gasteiger partial charge in [-0.15, -0.1) is 11.3 Å². The summed E-state index contributed by atoms with van der Waals surface area (Å²) >= 11 is 1.43. The van der Waals surface area contributed by atoms with E-state index in [4.69, 9.17) is 5.11 Å². The summed E-state index contributed by atoms with van der Waals surface area (Å²) in [6.45, 7) is 0.266. The summed E-state index contributed by atoms with van der Waals surface area (Å²) in [6.07, 6.45) is 0.433. The van der Waals surface area contributed by atoms with Gasteiger partial charge >= 0.3 is 11.4 Å². The molecule has 0 bridgehead atoms. The lowest BCUT2D eigenvalue weighted by Crippen LogP contribution is -2.26. The number of nitrogens with zero attached hydrogens (tertiary/aromatic N) is 1. The fraction of sp³-hybridized carbons (Fsp3) is 0.273. The van der Waals surface area contributed by atoms with Gasteiger partial charge in [0.15, 0.2) is 0 Å². The van der Waals surface area contributed by atoms with Gasteiger partial charge in [0, 0.05) is 22.2 Å². The Labute approximate surface area is 106 Å². The van der Waals surface area contributed by atoms with E-state index in [2.05, 4.69) is 22.0 Å². The summed E-state index contributed by atoms with van der Waals surface area (Å²) < 4.78 is 1.08. The molecule has 2 aromatic rings. The summed E-state index contributed by atoms with van der Waals surface area (Å²) in [7, 11) is 0. The van der Waals surface area contributed by atoms with Crippen LogP contribution in [0.1, 0.15) is 16.9 Å². The molecule has 6 nitrogen and oxygen atoms in total. The number of aliphatic hydroxyl groups is 1. The quantitative estimate of drug-likeness (QED) is 0.666. The largest absolute Gasteiger partial charge is 0.395 e. The highest BCUT2D eigenvalue weighted by molar-refractivity contribution is 7.10. The smallest absolute Gasteiger partial charge is 0.344 e. The highest BCUT2D eigenvalue weighted by Gasteiger charge is 2.05. The third kappa shape index (κ3) is 2.80. The van der Waals surface area contributed by atoms with Gasteiger partial charge in [0.2, 0.25) is 0 Å². The van der Waals surface area contributed by atoms with Crippen LogP contribution in [0.4, 0.5) is 0 Å². The number of hydrogen-bond donors (Lipinski definition) is 3. The van der Waals surface area contributed by atoms with Gasteiger partial charge in [-0.2, -0.15) is 0 Å². The van der Waals surface area contributed by atoms with Crippen LogP contribution in [-0.2, 0) is 6.54 Å². The van der Waals surface area contributed by atoms with E-state index >= 15 is 0 Å². The Morgan fingerprint density at radius 1 is 1.33 bits per heavy atom. The minimum absolute atomic E-state index is 0.0398. The summed E-state index contributed by atoms with van der Waals surface area (Å²) in [5.41, 5.74) is -0.0916. The molecule has 0 aliphatic carbocycles. The average Bonchev–Trinajstić information content (AvgIpc) is 2.92. The fourth-order valence-electron chi connectivity index (χ4n) is 1.38. The van der Waals surface area contributed by atoms with Crippen molar-refractivity contribution in [3.8, 4) is 11.8 Å². The van der Waals surface area contributed by atoms with E-state index in [0.29, 0.717) is 6.42 Å². The third-order valence-electron chi connectivity index (χ3n) is 2.20. The van der Waals surface area contributed by atoms with E-state index in [9.17, 15) is 9.59 Å². The second-order valence-electron chi connectivity index (χ2n) is 3.52. The molecular formula is C11H11N3O3S. The molecule has 18 heavy (non-hydrogen) atoms. The van der Waals surface area contributed by atoms with Crippen molar-refractivity contribution >= 4 is 11.3 Å². The molecule has 3 N–H and O–H groups in total. The van der Waals surface area contributed by atoms with Crippen LogP contribution in [0.3, 0.4) is 0 Å². The molecule has 0 saturated heterocycles. The standard InChI is InChI=1S/C11H11N3O3S/c15-4-2-1-3-8-5-9(18-7-8)6-14-10(16)12-13-11(14)17/h5,7,15H,2,4,6H2,(H,12,16)(H,13,17). The van der Waals surface area contributed by atoms with Gasteiger partial charge in [0.1, 0.15) is 0 Å². The Kier molecular flexibility index (Phi) is 3.82. The van der Waals surface area contributed by atoms with Gasteiger partial charge in [-0.3, -0.25) is 0 Å². The highest BCUT2D eigenvalue weighted by atomic mass is 32.1. The number of aromatic amines is 2. The normalized spacial score (nSPS) is 10.1. The third-order valence-corrected chi connectivity index (χ3v) is 3.13. The Morgan fingerprint density at radius 2 is 2.06 bits per heavy atom. The van der Waals surface area contributed by atoms with E-state index in [1.807, 2.05) is 11.4 Å². The molecule has 0 amide bonds. The first kappa shape index (κ1) is 12.4. The molecule has 0 radical (unpaired) electrons. The molecule has 0 aromatic carbocycles. The van der Waals surface area contributed by atoms with Crippen LogP contribution in [0.2, 0.25) is 0 Å². The first-order valence-electron chi connectivity index (χ1n) is 5.25. The topological polar surface area (TPSA) is 90.9 Å². The number of nitrogens with one attached hydrogen (secondary N) is 2. The van der Waals surface area contributed by atoms with Gasteiger partial charge in [0.05, 0.1) is 13.2 Å². The second-order valence-corrected chi connectivity index (χ2v) is 4.52. The van der Waals surface area contributed by atoms with Gasteiger partial charge in [-0.25, -0.2) is 24.4 Å². The zero-order chi connectivity index (χ0) is 13.0. The zero-order valence-corrected chi connectivity index (χ0v) is 10.2. The van der Waals surface area contributed by atoms with Gasteiger partial charge in [-0.05, 0) is 6.07 Å². The maximum absolute atomic E-state index is 11.3. The van der Waals surface area contributed by atoms with Crippen molar-refractivity contribution < 1.29 is 5.11 Å². The van der Waals surface area contributed by atoms with Crippen LogP contribution >= 0.6 is 11.3 Å². The molecule has 2 heterocycles. The van der Waals surface area contributed by atoms with Crippen molar-refractivity contribution in [3.05, 3.63) is 42.9 Å². The van der Waals surface area contributed by atoms with E-state index in [0.717, 1.165) is 15.0 Å². The molecule has 0 aliphatic heterocycles. The van der Waals surface area contributed by atoms with Gasteiger partial charge in [0.25, 0.3) is 0 Å². The summed E-state index contributed by atoms with van der Waals surface area (Å²) in [4.78, 5) is 23.4. The van der Waals surface area contributed by atoms with Crippen molar-refractivity contribution in [3.63, 3.8) is 0 Å². The maximum Gasteiger partial charge on any atom is 0.344 e. The minimum Gasteiger partial charge on any atom is -0.395 e. The summed E-state index contributed by atoms with van der Waals surface area (Å²) in [6, 6.07) is 1.83. The maximum atomic E-state index is 11.3. The summed E-state index contributed by atoms with van der Waals surface area (Å²) in [5.74, 6) is 5.70. The molecule has 7 heteroatoms. The SMILES string of the molecule is O=c1[nH][nH]c(=O)n1Cc1cc(C#CCCO)cs1. The molecule has 2 aromatic heterocycles. The first-order chi connectivity index (χ1) is 8.70. The Hall–Kier alpha value is -2.04. The highest BCUT2D eigenvalue weighted by Crippen LogP contribution is 2.14. The van der Waals surface area contributed by atoms with Crippen LogP contribution in [0.5, 0.6) is 0 Å². The molecule has 2 rings (SSSR count). The molecule has 0 spiro atoms. The molecule has 94 valence electrons. The Morgan fingerprint density at radius 3 is 2.72 bits per heavy atom. The van der Waals surface area contributed by atoms with Crippen molar-refractivity contribution in [2.75, 3.05) is 6.61 Å². The monoisotopic (exact) mass is 265 g/mol. The Bertz CT molecular complexity index is 668. The van der Waals surface area contributed by atoms with Crippen LogP contribution < -0.4 is 11.4 Å². The van der Waals surface area contributed by atoms with Crippen molar-refractivity contribution in [2.45, 2.75) is 13.0 Å². The van der Waals surface area contributed by atoms with Crippen LogP contribution in [0.15, 0.2) is 21.0 Å². The van der Waals surface area contributed by atoms with Gasteiger partial charge < -0.3 is 5.11 Å². The van der Waals surface area contributed by atoms with Crippen molar-refractivity contribution in [2.24, 2.45) is 0 Å². The molecule has 0 atom stereocenters. The lowest BCUT2D eigenvalue weighted by atomic mass is 10.3. The molecule has 0 fully saturated rings. The average molecular weight is 265 g/mol. The van der Waals surface area contributed by atoms with E-state index in [-0.39, 0.29) is 13.2 Å². The molecule has 0 unspecified atom stereocenters. The summed E-state index contributed by atoms with van der Waals surface area (Å²) in [5, 5.41) is 14.9. The zero-order valence-electron chi connectivity index (χ0n) is 9.40. The predicted octanol–water partition coefficient (Wildman–Crippen LogP) is -0.292. The van der Waals surface area contributed by atoms with Crippen LogP contribution in [-0.4, -0.2) is 26.5 Å². The Balaban J connectivity index is 2.15. The predicted molar refractivity (Wildman–Crippen MR) is 67.7 cm³/mol. The first-order valence-corrected chi connectivity index (χ1v) is 6.13. The number of aliphatic hydroxyl groups excluding tert-OH is 1. The van der Waals surface area contributed by atoms with E-state index in [1.165, 1.54) is 11.3 Å². The minimum atomic E-state index is -0.457. The van der Waals surface area contributed by atoms with E-state index in [1.54, 1.807) is 0 Å². The fourth-order valence-corrected chi connectivity index (χ4v) is 2.19. The van der Waals surface area contributed by atoms with Crippen LogP contribution in [0.25, 0.3) is 0 Å². The second kappa shape index (κ2) is 5.53. The lowest BCUT2D eigenvalue weighted by molar-refractivity contribution is 0.305. The number of aromatic nitrogens is 3.